The van der Waals surface area contributed by atoms with Gasteiger partial charge in [0, 0.05) is 17.7 Å². The topological polar surface area (TPSA) is 99.5 Å². The monoisotopic (exact) mass is 379 g/mol. The van der Waals surface area contributed by atoms with E-state index in [1.165, 1.54) is 13.2 Å². The third kappa shape index (κ3) is 7.64. The molecule has 0 fully saturated rings. The first-order valence-electron chi connectivity index (χ1n) is 8.93. The van der Waals surface area contributed by atoms with Gasteiger partial charge in [0.15, 0.2) is 0 Å². The summed E-state index contributed by atoms with van der Waals surface area (Å²) in [5, 5.41) is 6.87. The Labute approximate surface area is 159 Å². The van der Waals surface area contributed by atoms with E-state index < -0.39 is 11.5 Å². The molecule has 8 heteroatoms. The largest absolute Gasteiger partial charge is 0.491 e. The number of amides is 1. The summed E-state index contributed by atoms with van der Waals surface area (Å²) in [6, 6.07) is 1.37. The molecule has 0 aromatic carbocycles. The van der Waals surface area contributed by atoms with Crippen LogP contribution in [0.15, 0.2) is 23.1 Å². The van der Waals surface area contributed by atoms with Crippen molar-refractivity contribution in [2.45, 2.75) is 53.0 Å². The molecule has 0 atom stereocenters. The number of nitrogens with zero attached hydrogens (tertiary/aromatic N) is 2. The zero-order valence-electron chi connectivity index (χ0n) is 16.7. The van der Waals surface area contributed by atoms with Crippen molar-refractivity contribution >= 4 is 11.9 Å². The van der Waals surface area contributed by atoms with E-state index in [4.69, 9.17) is 4.74 Å². The Morgan fingerprint density at radius 1 is 1.26 bits per heavy atom. The first-order valence-corrected chi connectivity index (χ1v) is 8.93. The molecule has 0 aliphatic carbocycles. The predicted octanol–water partition coefficient (Wildman–Crippen LogP) is 1.98. The molecule has 0 aliphatic heterocycles. The number of hydrogen-bond donors (Lipinski definition) is 1. The van der Waals surface area contributed by atoms with Gasteiger partial charge in [0.2, 0.25) is 5.91 Å². The van der Waals surface area contributed by atoms with E-state index in [-0.39, 0.29) is 31.3 Å². The molecule has 1 aromatic heterocycles. The second-order valence-electron chi connectivity index (χ2n) is 6.98. The predicted molar refractivity (Wildman–Crippen MR) is 101 cm³/mol. The van der Waals surface area contributed by atoms with Crippen LogP contribution in [-0.2, 0) is 20.9 Å². The van der Waals surface area contributed by atoms with Crippen molar-refractivity contribution < 1.29 is 19.1 Å². The lowest BCUT2D eigenvalue weighted by Crippen LogP contribution is -2.34. The maximum absolute atomic E-state index is 12.3. The third-order valence-electron chi connectivity index (χ3n) is 3.58. The molecule has 0 bridgehead atoms. The molecule has 150 valence electrons. The van der Waals surface area contributed by atoms with E-state index >= 15 is 0 Å². The van der Waals surface area contributed by atoms with Crippen LogP contribution in [0.3, 0.4) is 0 Å². The van der Waals surface area contributed by atoms with Crippen molar-refractivity contribution in [1.29, 1.82) is 0 Å². The Morgan fingerprint density at radius 3 is 2.48 bits per heavy atom. The molecule has 1 aromatic rings. The number of methoxy groups -OCH3 is 1. The van der Waals surface area contributed by atoms with E-state index in [0.717, 1.165) is 4.68 Å². The van der Waals surface area contributed by atoms with Crippen LogP contribution in [0.5, 0.6) is 5.75 Å². The van der Waals surface area contributed by atoms with Crippen LogP contribution in [-0.4, -0.2) is 35.4 Å². The first kappa shape index (κ1) is 22.4. The molecule has 0 spiro atoms. The van der Waals surface area contributed by atoms with Gasteiger partial charge in [-0.15, -0.1) is 0 Å². The van der Waals surface area contributed by atoms with Crippen LogP contribution in [0.25, 0.3) is 0 Å². The minimum atomic E-state index is -0.440. The van der Waals surface area contributed by atoms with Crippen LogP contribution in [0, 0.1) is 5.92 Å². The summed E-state index contributed by atoms with van der Waals surface area (Å²) in [6.45, 7) is 11.8. The SMILES string of the molecule is C=C(CCC(=O)OC)NC(=O)Cn1nc(C(C)C)c(OCC(C)C)cc1=O. The molecular weight excluding hydrogens is 350 g/mol. The highest BCUT2D eigenvalue weighted by atomic mass is 16.5. The number of aromatic nitrogens is 2. The summed E-state index contributed by atoms with van der Waals surface area (Å²) in [7, 11) is 1.29. The van der Waals surface area contributed by atoms with E-state index in [2.05, 4.69) is 21.7 Å². The number of rotatable bonds is 10. The summed E-state index contributed by atoms with van der Waals surface area (Å²) in [5.41, 5.74) is 0.570. The Bertz CT molecular complexity index is 737. The number of carbonyl (C=O) groups excluding carboxylic acids is 2. The van der Waals surface area contributed by atoms with Crippen molar-refractivity contribution in [2.24, 2.45) is 5.92 Å². The zero-order valence-corrected chi connectivity index (χ0v) is 16.7. The number of esters is 1. The van der Waals surface area contributed by atoms with Gasteiger partial charge in [-0.1, -0.05) is 34.3 Å². The van der Waals surface area contributed by atoms with Crippen LogP contribution in [0.4, 0.5) is 0 Å². The molecule has 0 radical (unpaired) electrons. The summed E-state index contributed by atoms with van der Waals surface area (Å²) in [5.74, 6) is -0.0407. The fourth-order valence-electron chi connectivity index (χ4n) is 2.16. The minimum absolute atomic E-state index is 0.0251. The molecule has 0 unspecified atom stereocenters. The van der Waals surface area contributed by atoms with Gasteiger partial charge in [0.1, 0.15) is 18.0 Å². The van der Waals surface area contributed by atoms with Crippen LogP contribution >= 0.6 is 0 Å². The van der Waals surface area contributed by atoms with E-state index in [1.807, 2.05) is 27.7 Å². The Hall–Kier alpha value is -2.64. The lowest BCUT2D eigenvalue weighted by molar-refractivity contribution is -0.140. The molecule has 0 aliphatic rings. The summed E-state index contributed by atoms with van der Waals surface area (Å²) in [6.07, 6.45) is 0.382. The highest BCUT2D eigenvalue weighted by molar-refractivity contribution is 5.77. The zero-order chi connectivity index (χ0) is 20.6. The van der Waals surface area contributed by atoms with Gasteiger partial charge in [-0.05, 0) is 12.3 Å². The standard InChI is InChI=1S/C19H29N3O5/c1-12(2)11-27-15-9-17(24)22(21-19(15)13(3)4)10-16(23)20-14(5)7-8-18(25)26-6/h9,12-13H,5,7-8,10-11H2,1-4,6H3,(H,20,23). The number of nitrogens with one attached hydrogen (secondary N) is 1. The molecule has 27 heavy (non-hydrogen) atoms. The fourth-order valence-corrected chi connectivity index (χ4v) is 2.16. The molecule has 1 N–H and O–H groups in total. The van der Waals surface area contributed by atoms with Crippen molar-refractivity contribution in [2.75, 3.05) is 13.7 Å². The maximum Gasteiger partial charge on any atom is 0.305 e. The molecular formula is C19H29N3O5. The van der Waals surface area contributed by atoms with Gasteiger partial charge >= 0.3 is 5.97 Å². The lowest BCUT2D eigenvalue weighted by Gasteiger charge is -2.16. The quantitative estimate of drug-likeness (QED) is 0.624. The lowest BCUT2D eigenvalue weighted by atomic mass is 10.1. The minimum Gasteiger partial charge on any atom is -0.491 e. The highest BCUT2D eigenvalue weighted by Crippen LogP contribution is 2.22. The number of hydrogen-bond acceptors (Lipinski definition) is 6. The maximum atomic E-state index is 12.3. The second kappa shape index (κ2) is 10.5. The number of allylic oxidation sites excluding steroid dienone is 1. The van der Waals surface area contributed by atoms with Gasteiger partial charge < -0.3 is 14.8 Å². The van der Waals surface area contributed by atoms with Crippen molar-refractivity contribution in [3.8, 4) is 5.75 Å². The molecule has 0 saturated heterocycles. The summed E-state index contributed by atoms with van der Waals surface area (Å²) in [4.78, 5) is 35.6. The fraction of sp³-hybridized carbons (Fsp3) is 0.579. The third-order valence-corrected chi connectivity index (χ3v) is 3.58. The summed E-state index contributed by atoms with van der Waals surface area (Å²) >= 11 is 0. The molecule has 0 saturated carbocycles. The van der Waals surface area contributed by atoms with Gasteiger partial charge in [0.05, 0.1) is 20.1 Å². The second-order valence-corrected chi connectivity index (χ2v) is 6.98. The van der Waals surface area contributed by atoms with Gasteiger partial charge in [0.25, 0.3) is 5.56 Å². The van der Waals surface area contributed by atoms with Crippen LogP contribution in [0.1, 0.15) is 52.1 Å². The van der Waals surface area contributed by atoms with E-state index in [1.54, 1.807) is 0 Å². The molecule has 1 amide bonds. The molecule has 8 nitrogen and oxygen atoms in total. The average molecular weight is 379 g/mol. The molecule has 1 heterocycles. The van der Waals surface area contributed by atoms with Crippen LogP contribution in [0.2, 0.25) is 0 Å². The van der Waals surface area contributed by atoms with Crippen molar-refractivity contribution in [1.82, 2.24) is 15.1 Å². The van der Waals surface area contributed by atoms with E-state index in [0.29, 0.717) is 29.7 Å². The molecule has 1 rings (SSSR count). The Kier molecular flexibility index (Phi) is 8.71. The van der Waals surface area contributed by atoms with Gasteiger partial charge in [-0.3, -0.25) is 14.4 Å². The Morgan fingerprint density at radius 2 is 1.93 bits per heavy atom. The normalized spacial score (nSPS) is 10.8. The van der Waals surface area contributed by atoms with Crippen molar-refractivity contribution in [3.05, 3.63) is 34.4 Å². The van der Waals surface area contributed by atoms with Gasteiger partial charge in [-0.2, -0.15) is 5.10 Å². The average Bonchev–Trinajstić information content (AvgIpc) is 2.59. The smallest absolute Gasteiger partial charge is 0.305 e. The van der Waals surface area contributed by atoms with Gasteiger partial charge in [-0.25, -0.2) is 4.68 Å². The Balaban J connectivity index is 2.83. The number of carbonyl (C=O) groups is 2. The highest BCUT2D eigenvalue weighted by Gasteiger charge is 2.16. The van der Waals surface area contributed by atoms with Crippen LogP contribution < -0.4 is 15.6 Å². The van der Waals surface area contributed by atoms with Crippen molar-refractivity contribution in [3.63, 3.8) is 0 Å². The van der Waals surface area contributed by atoms with E-state index in [9.17, 15) is 14.4 Å². The summed E-state index contributed by atoms with van der Waals surface area (Å²) < 4.78 is 11.3. The number of ether oxygens (including phenoxy) is 2. The first-order chi connectivity index (χ1) is 12.6.